The summed E-state index contributed by atoms with van der Waals surface area (Å²) in [6, 6.07) is 6.47. The van der Waals surface area contributed by atoms with Crippen LogP contribution < -0.4 is 5.73 Å². The number of hydrogen-bond donors (Lipinski definition) is 3. The number of nitrogens with two attached hydrogens (primary N) is 1. The van der Waals surface area contributed by atoms with Gasteiger partial charge in [0.2, 0.25) is 0 Å². The number of aliphatic carboxylic acids is 1. The van der Waals surface area contributed by atoms with Crippen molar-refractivity contribution in [1.82, 2.24) is 0 Å². The smallest absolute Gasteiger partial charge is 0.320 e. The fraction of sp³-hybridized carbons (Fsp3) is 0.222. The molecular weight excluding hydrogens is 186 g/mol. The molecule has 0 aliphatic heterocycles. The second-order valence-electron chi connectivity index (χ2n) is 2.78. The van der Waals surface area contributed by atoms with Crippen LogP contribution in [0, 0.1) is 0 Å². The van der Waals surface area contributed by atoms with E-state index >= 15 is 0 Å². The van der Waals surface area contributed by atoms with Gasteiger partial charge in [0.1, 0.15) is 6.04 Å². The first-order valence-electron chi connectivity index (χ1n) is 3.86. The van der Waals surface area contributed by atoms with Crippen LogP contribution in [-0.4, -0.2) is 17.1 Å². The van der Waals surface area contributed by atoms with Crippen molar-refractivity contribution in [2.24, 2.45) is 5.73 Å². The molecule has 0 amide bonds. The van der Waals surface area contributed by atoms with Crippen LogP contribution in [0.4, 0.5) is 0 Å². The Kier molecular flexibility index (Phi) is 3.33. The Balaban J connectivity index is 2.74. The maximum atomic E-state index is 10.5. The van der Waals surface area contributed by atoms with E-state index in [9.17, 15) is 4.79 Å². The third-order valence-electron chi connectivity index (χ3n) is 1.75. The Morgan fingerprint density at radius 1 is 1.54 bits per heavy atom. The lowest BCUT2D eigenvalue weighted by Crippen LogP contribution is -2.32. The molecule has 0 radical (unpaired) electrons. The number of carboxylic acids is 1. The van der Waals surface area contributed by atoms with Crippen molar-refractivity contribution in [1.29, 1.82) is 0 Å². The standard InChI is InChI=1S/C9H11NO2S/c10-7(9(11)12)5-6-3-1-2-4-8(6)13/h1-4,7,13H,5,10H2,(H,11,12). The quantitative estimate of drug-likeness (QED) is 0.632. The van der Waals surface area contributed by atoms with Gasteiger partial charge in [-0.3, -0.25) is 4.79 Å². The predicted molar refractivity (Wildman–Crippen MR) is 53.0 cm³/mol. The first-order chi connectivity index (χ1) is 6.11. The molecule has 0 aromatic heterocycles. The molecule has 0 aliphatic rings. The van der Waals surface area contributed by atoms with Gasteiger partial charge < -0.3 is 10.8 Å². The Labute approximate surface area is 82.0 Å². The predicted octanol–water partition coefficient (Wildman–Crippen LogP) is 0.930. The van der Waals surface area contributed by atoms with Crippen molar-refractivity contribution < 1.29 is 9.90 Å². The number of rotatable bonds is 3. The van der Waals surface area contributed by atoms with Crippen molar-refractivity contribution in [3.05, 3.63) is 29.8 Å². The summed E-state index contributed by atoms with van der Waals surface area (Å²) in [5.74, 6) is -0.989. The van der Waals surface area contributed by atoms with E-state index in [1.54, 1.807) is 0 Å². The minimum absolute atomic E-state index is 0.314. The van der Waals surface area contributed by atoms with Gasteiger partial charge in [0.25, 0.3) is 0 Å². The Hall–Kier alpha value is -1.00. The van der Waals surface area contributed by atoms with E-state index in [0.29, 0.717) is 6.42 Å². The molecule has 0 aliphatic carbocycles. The molecule has 0 fully saturated rings. The summed E-state index contributed by atoms with van der Waals surface area (Å²) >= 11 is 4.19. The van der Waals surface area contributed by atoms with Crippen LogP contribution in [0.15, 0.2) is 29.2 Å². The van der Waals surface area contributed by atoms with Gasteiger partial charge in [-0.1, -0.05) is 18.2 Å². The molecule has 0 heterocycles. The minimum atomic E-state index is -0.989. The highest BCUT2D eigenvalue weighted by atomic mass is 32.1. The molecule has 3 nitrogen and oxygen atoms in total. The monoisotopic (exact) mass is 197 g/mol. The molecule has 0 bridgehead atoms. The molecule has 70 valence electrons. The minimum Gasteiger partial charge on any atom is -0.480 e. The van der Waals surface area contributed by atoms with Crippen LogP contribution in [0.5, 0.6) is 0 Å². The van der Waals surface area contributed by atoms with Crippen LogP contribution >= 0.6 is 12.6 Å². The summed E-state index contributed by atoms with van der Waals surface area (Å²) in [6.45, 7) is 0. The average molecular weight is 197 g/mol. The summed E-state index contributed by atoms with van der Waals surface area (Å²) in [5, 5.41) is 8.58. The van der Waals surface area contributed by atoms with E-state index in [4.69, 9.17) is 10.8 Å². The summed E-state index contributed by atoms with van der Waals surface area (Å²) in [4.78, 5) is 11.2. The molecule has 0 spiro atoms. The highest BCUT2D eigenvalue weighted by Crippen LogP contribution is 2.14. The molecule has 1 unspecified atom stereocenters. The summed E-state index contributed by atoms with van der Waals surface area (Å²) < 4.78 is 0. The third kappa shape index (κ3) is 2.75. The van der Waals surface area contributed by atoms with Gasteiger partial charge in [-0.25, -0.2) is 0 Å². The zero-order chi connectivity index (χ0) is 9.84. The van der Waals surface area contributed by atoms with Gasteiger partial charge in [-0.05, 0) is 18.1 Å². The molecule has 0 saturated carbocycles. The van der Waals surface area contributed by atoms with Crippen LogP contribution in [-0.2, 0) is 11.2 Å². The largest absolute Gasteiger partial charge is 0.480 e. The van der Waals surface area contributed by atoms with Crippen LogP contribution in [0.3, 0.4) is 0 Å². The highest BCUT2D eigenvalue weighted by Gasteiger charge is 2.12. The van der Waals surface area contributed by atoms with Crippen molar-refractivity contribution in [2.75, 3.05) is 0 Å². The van der Waals surface area contributed by atoms with Gasteiger partial charge in [-0.15, -0.1) is 12.6 Å². The Morgan fingerprint density at radius 2 is 2.15 bits per heavy atom. The summed E-state index contributed by atoms with van der Waals surface area (Å²) in [5.41, 5.74) is 6.25. The van der Waals surface area contributed by atoms with Gasteiger partial charge in [-0.2, -0.15) is 0 Å². The first-order valence-corrected chi connectivity index (χ1v) is 4.31. The van der Waals surface area contributed by atoms with E-state index in [2.05, 4.69) is 12.6 Å². The van der Waals surface area contributed by atoms with E-state index < -0.39 is 12.0 Å². The molecule has 3 N–H and O–H groups in total. The molecule has 1 rings (SSSR count). The maximum absolute atomic E-state index is 10.5. The van der Waals surface area contributed by atoms with Gasteiger partial charge >= 0.3 is 5.97 Å². The topological polar surface area (TPSA) is 63.3 Å². The number of hydrogen-bond acceptors (Lipinski definition) is 3. The van der Waals surface area contributed by atoms with Crippen LogP contribution in [0.2, 0.25) is 0 Å². The molecule has 1 aromatic carbocycles. The second-order valence-corrected chi connectivity index (χ2v) is 3.26. The van der Waals surface area contributed by atoms with Crippen molar-refractivity contribution in [3.8, 4) is 0 Å². The lowest BCUT2D eigenvalue weighted by Gasteiger charge is -2.07. The zero-order valence-corrected chi connectivity index (χ0v) is 7.87. The van der Waals surface area contributed by atoms with Crippen molar-refractivity contribution in [3.63, 3.8) is 0 Å². The average Bonchev–Trinajstić information content (AvgIpc) is 2.08. The fourth-order valence-corrected chi connectivity index (χ4v) is 1.26. The molecule has 1 aromatic rings. The maximum Gasteiger partial charge on any atom is 0.320 e. The van der Waals surface area contributed by atoms with Crippen LogP contribution in [0.25, 0.3) is 0 Å². The van der Waals surface area contributed by atoms with E-state index in [0.717, 1.165) is 10.5 Å². The normalized spacial score (nSPS) is 12.5. The van der Waals surface area contributed by atoms with Gasteiger partial charge in [0.05, 0.1) is 0 Å². The molecule has 4 heteroatoms. The van der Waals surface area contributed by atoms with Crippen LogP contribution in [0.1, 0.15) is 5.56 Å². The van der Waals surface area contributed by atoms with E-state index in [-0.39, 0.29) is 0 Å². The summed E-state index contributed by atoms with van der Waals surface area (Å²) in [7, 11) is 0. The Morgan fingerprint density at radius 3 is 2.69 bits per heavy atom. The van der Waals surface area contributed by atoms with Crippen molar-refractivity contribution >= 4 is 18.6 Å². The SMILES string of the molecule is NC(Cc1ccccc1S)C(=O)O. The third-order valence-corrected chi connectivity index (χ3v) is 2.18. The molecular formula is C9H11NO2S. The number of thiol groups is 1. The van der Waals surface area contributed by atoms with E-state index in [1.165, 1.54) is 0 Å². The molecule has 1 atom stereocenters. The Bertz CT molecular complexity index is 314. The lowest BCUT2D eigenvalue weighted by molar-refractivity contribution is -0.138. The number of benzene rings is 1. The van der Waals surface area contributed by atoms with Gasteiger partial charge in [0.15, 0.2) is 0 Å². The fourth-order valence-electron chi connectivity index (χ4n) is 1.01. The lowest BCUT2D eigenvalue weighted by atomic mass is 10.1. The van der Waals surface area contributed by atoms with Gasteiger partial charge in [0, 0.05) is 4.90 Å². The van der Waals surface area contributed by atoms with E-state index in [1.807, 2.05) is 24.3 Å². The first kappa shape index (κ1) is 10.1. The van der Waals surface area contributed by atoms with Crippen molar-refractivity contribution in [2.45, 2.75) is 17.4 Å². The number of carboxylic acid groups (broad SMARTS) is 1. The molecule has 13 heavy (non-hydrogen) atoms. The molecule has 0 saturated heterocycles. The second kappa shape index (κ2) is 4.30. The zero-order valence-electron chi connectivity index (χ0n) is 6.97. The number of carbonyl (C=O) groups is 1. The highest BCUT2D eigenvalue weighted by molar-refractivity contribution is 7.80. The summed E-state index contributed by atoms with van der Waals surface area (Å²) in [6.07, 6.45) is 0.314.